The molecule has 0 aromatic carbocycles. The molecule has 0 amide bonds. The van der Waals surface area contributed by atoms with Gasteiger partial charge in [-0.2, -0.15) is 0 Å². The number of aliphatic hydroxyl groups excluding tert-OH is 1. The van der Waals surface area contributed by atoms with Gasteiger partial charge in [0, 0.05) is 25.2 Å². The topological polar surface area (TPSA) is 137 Å². The van der Waals surface area contributed by atoms with Crippen molar-refractivity contribution in [3.63, 3.8) is 0 Å². The highest BCUT2D eigenvalue weighted by molar-refractivity contribution is 7.48. The third kappa shape index (κ3) is 2.31. The number of ether oxygens (including phenoxy) is 3. The molecule has 0 unspecified atom stereocenters. The zero-order chi connectivity index (χ0) is 23.8. The summed E-state index contributed by atoms with van der Waals surface area (Å²) in [5, 5.41) is 23.6. The fraction of sp³-hybridized carbons (Fsp3) is 0.864. The van der Waals surface area contributed by atoms with E-state index in [4.69, 9.17) is 27.8 Å². The molecule has 33 heavy (non-hydrogen) atoms. The van der Waals surface area contributed by atoms with Crippen molar-refractivity contribution >= 4 is 13.8 Å². The Morgan fingerprint density at radius 2 is 1.91 bits per heavy atom. The first-order valence-corrected chi connectivity index (χ1v) is 13.0. The Bertz CT molecular complexity index is 1000. The summed E-state index contributed by atoms with van der Waals surface area (Å²) in [6.45, 7) is 5.88. The van der Waals surface area contributed by atoms with Crippen molar-refractivity contribution in [2.75, 3.05) is 20.8 Å². The number of phosphoric ester groups is 1. The maximum atomic E-state index is 13.0. The van der Waals surface area contributed by atoms with Gasteiger partial charge in [-0.05, 0) is 36.7 Å². The van der Waals surface area contributed by atoms with E-state index in [1.54, 1.807) is 13.8 Å². The van der Waals surface area contributed by atoms with Crippen molar-refractivity contribution in [2.45, 2.75) is 81.3 Å². The van der Waals surface area contributed by atoms with Crippen LogP contribution in [0.15, 0.2) is 11.1 Å². The van der Waals surface area contributed by atoms with Crippen LogP contribution in [0.25, 0.3) is 0 Å². The van der Waals surface area contributed by atoms with Crippen LogP contribution in [0.1, 0.15) is 40.0 Å². The van der Waals surface area contributed by atoms with E-state index in [2.05, 4.69) is 6.92 Å². The Morgan fingerprint density at radius 1 is 1.21 bits per heavy atom. The number of hydrogen-bond donors (Lipinski definition) is 2. The Hall–Kier alpha value is -0.840. The minimum absolute atomic E-state index is 0.0342. The lowest BCUT2D eigenvalue weighted by Crippen LogP contribution is -2.76. The van der Waals surface area contributed by atoms with E-state index in [1.807, 2.05) is 0 Å². The molecule has 2 N–H and O–H groups in total. The summed E-state index contributed by atoms with van der Waals surface area (Å²) in [6, 6.07) is 0. The zero-order valence-corrected chi connectivity index (χ0v) is 20.3. The minimum atomic E-state index is -4.02. The van der Waals surface area contributed by atoms with Crippen LogP contribution < -0.4 is 0 Å². The molecular formula is C22H31O10P. The number of esters is 1. The van der Waals surface area contributed by atoms with Crippen LogP contribution in [0, 0.1) is 17.3 Å². The van der Waals surface area contributed by atoms with E-state index in [0.717, 1.165) is 11.1 Å². The average molecular weight is 486 g/mol. The summed E-state index contributed by atoms with van der Waals surface area (Å²) >= 11 is 0. The van der Waals surface area contributed by atoms with Crippen LogP contribution >= 0.6 is 7.82 Å². The highest BCUT2D eigenvalue weighted by atomic mass is 31.2. The number of phosphoric acid groups is 1. The van der Waals surface area contributed by atoms with Gasteiger partial charge in [-0.1, -0.05) is 20.8 Å². The molecule has 6 aliphatic rings. The van der Waals surface area contributed by atoms with Gasteiger partial charge in [0.2, 0.25) is 0 Å². The summed E-state index contributed by atoms with van der Waals surface area (Å²) < 4.78 is 46.9. The average Bonchev–Trinajstić information content (AvgIpc) is 3.67. The largest absolute Gasteiger partial charge is 0.474 e. The summed E-state index contributed by atoms with van der Waals surface area (Å²) in [4.78, 5) is 12.2. The molecule has 2 saturated heterocycles. The lowest BCUT2D eigenvalue weighted by molar-refractivity contribution is -0.220. The minimum Gasteiger partial charge on any atom is -0.458 e. The zero-order valence-electron chi connectivity index (χ0n) is 19.4. The van der Waals surface area contributed by atoms with E-state index in [-0.39, 0.29) is 24.6 Å². The fourth-order valence-corrected chi connectivity index (χ4v) is 8.59. The molecule has 3 heterocycles. The first kappa shape index (κ1) is 22.6. The van der Waals surface area contributed by atoms with Crippen molar-refractivity contribution in [1.29, 1.82) is 0 Å². The molecular weight excluding hydrogens is 455 g/mol. The predicted molar refractivity (Wildman–Crippen MR) is 111 cm³/mol. The summed E-state index contributed by atoms with van der Waals surface area (Å²) in [7, 11) is -1.61. The molecule has 0 bridgehead atoms. The molecule has 3 aliphatic carbocycles. The highest BCUT2D eigenvalue weighted by Gasteiger charge is 2.97. The van der Waals surface area contributed by atoms with Gasteiger partial charge in [0.05, 0.1) is 6.10 Å². The van der Waals surface area contributed by atoms with Crippen molar-refractivity contribution in [3.05, 3.63) is 11.1 Å². The molecule has 184 valence electrons. The van der Waals surface area contributed by atoms with Gasteiger partial charge in [-0.3, -0.25) is 13.6 Å². The van der Waals surface area contributed by atoms with Crippen molar-refractivity contribution in [3.8, 4) is 0 Å². The van der Waals surface area contributed by atoms with Crippen molar-refractivity contribution in [1.82, 2.24) is 0 Å². The highest BCUT2D eigenvalue weighted by Crippen LogP contribution is 2.80. The predicted octanol–water partition coefficient (Wildman–Crippen LogP) is 1.48. The van der Waals surface area contributed by atoms with E-state index in [0.29, 0.717) is 19.3 Å². The lowest BCUT2D eigenvalue weighted by atomic mass is 9.45. The Labute approximate surface area is 192 Å². The van der Waals surface area contributed by atoms with Gasteiger partial charge >= 0.3 is 13.8 Å². The third-order valence-corrected chi connectivity index (χ3v) is 10.9. The SMILES string of the molecule is COP(=O)(OC)O[C@@H]1[C@@H]2O[C@]23[C@]2(O[C@H]2C[C@H]2C4=C(CC[C@@]23C)C(=O)OC4)[C@H](O)[C@]1(O)C(C)C. The molecule has 0 aromatic heterocycles. The Morgan fingerprint density at radius 3 is 2.55 bits per heavy atom. The van der Waals surface area contributed by atoms with Crippen LogP contribution in [0.3, 0.4) is 0 Å². The molecule has 0 radical (unpaired) electrons. The van der Waals surface area contributed by atoms with Crippen molar-refractivity contribution in [2.24, 2.45) is 17.3 Å². The van der Waals surface area contributed by atoms with E-state index in [1.165, 1.54) is 14.2 Å². The summed E-state index contributed by atoms with van der Waals surface area (Å²) in [5.41, 5.74) is -2.69. The first-order valence-electron chi connectivity index (χ1n) is 11.5. The maximum Gasteiger partial charge on any atom is 0.474 e. The summed E-state index contributed by atoms with van der Waals surface area (Å²) in [6.07, 6.45) is -1.80. The van der Waals surface area contributed by atoms with E-state index < -0.39 is 54.3 Å². The molecule has 9 atom stereocenters. The molecule has 11 heteroatoms. The third-order valence-electron chi connectivity index (χ3n) is 9.56. The van der Waals surface area contributed by atoms with Gasteiger partial charge in [0.1, 0.15) is 36.1 Å². The number of carbonyl (C=O) groups is 1. The molecule has 3 aliphatic heterocycles. The smallest absolute Gasteiger partial charge is 0.458 e. The van der Waals surface area contributed by atoms with Gasteiger partial charge in [-0.25, -0.2) is 9.36 Å². The molecule has 2 saturated carbocycles. The number of cyclic esters (lactones) is 1. The normalized spacial score (nSPS) is 51.9. The molecule has 6 rings (SSSR count). The van der Waals surface area contributed by atoms with Gasteiger partial charge < -0.3 is 24.4 Å². The second-order valence-electron chi connectivity index (χ2n) is 10.7. The number of epoxide rings is 2. The maximum absolute atomic E-state index is 13.0. The van der Waals surface area contributed by atoms with Gasteiger partial charge in [0.25, 0.3) is 0 Å². The second kappa shape index (κ2) is 6.48. The second-order valence-corrected chi connectivity index (χ2v) is 12.6. The van der Waals surface area contributed by atoms with Crippen LogP contribution in [0.2, 0.25) is 0 Å². The number of aliphatic hydroxyl groups is 2. The van der Waals surface area contributed by atoms with Gasteiger partial charge in [0.15, 0.2) is 5.60 Å². The first-order chi connectivity index (χ1) is 15.5. The molecule has 10 nitrogen and oxygen atoms in total. The number of carbonyl (C=O) groups excluding carboxylic acids is 1. The number of hydrogen-bond acceptors (Lipinski definition) is 10. The summed E-state index contributed by atoms with van der Waals surface area (Å²) in [5.74, 6) is -0.771. The number of fused-ring (bicyclic) bond motifs is 2. The van der Waals surface area contributed by atoms with Crippen LogP contribution in [0.5, 0.6) is 0 Å². The molecule has 0 aromatic rings. The van der Waals surface area contributed by atoms with Gasteiger partial charge in [-0.15, -0.1) is 0 Å². The van der Waals surface area contributed by atoms with Crippen LogP contribution in [0.4, 0.5) is 0 Å². The number of rotatable bonds is 5. The molecule has 4 fully saturated rings. The van der Waals surface area contributed by atoms with E-state index in [9.17, 15) is 19.6 Å². The standard InChI is InChI=1S/C22H31O10P/c1-10(2)20(25)15(32-33(26,27-4)28-5)16-22(31-16)19(3)7-6-11-12(9-29-17(11)23)13(19)8-14-21(22,30-14)18(20)24/h10,13-16,18,24-25H,6-9H2,1-5H3/t13-,14-,15+,16-,18+,19-,20-,21+,22+/m0/s1. The monoisotopic (exact) mass is 486 g/mol. The van der Waals surface area contributed by atoms with Crippen molar-refractivity contribution < 1.29 is 47.4 Å². The molecule has 2 spiro atoms. The van der Waals surface area contributed by atoms with Crippen LogP contribution in [-0.4, -0.2) is 78.2 Å². The fourth-order valence-electron chi connectivity index (χ4n) is 7.71. The lowest BCUT2D eigenvalue weighted by Gasteiger charge is -2.57. The van der Waals surface area contributed by atoms with E-state index >= 15 is 0 Å². The Balaban J connectivity index is 1.48. The Kier molecular flexibility index (Phi) is 4.44. The van der Waals surface area contributed by atoms with Crippen LogP contribution in [-0.2, 0) is 37.1 Å². The quantitative estimate of drug-likeness (QED) is 0.334.